The standard InChI is InChI=1S/C10H20N2O2/c1-7(2)9(6-14-3)12-10(13)8-4-11-5-8/h7-9,11H,4-6H2,1-3H3,(H,12,13). The van der Waals surface area contributed by atoms with Crippen LogP contribution in [0.4, 0.5) is 0 Å². The summed E-state index contributed by atoms with van der Waals surface area (Å²) < 4.78 is 5.07. The lowest BCUT2D eigenvalue weighted by Gasteiger charge is -2.29. The fraction of sp³-hybridized carbons (Fsp3) is 0.900. The van der Waals surface area contributed by atoms with E-state index in [1.165, 1.54) is 0 Å². The summed E-state index contributed by atoms with van der Waals surface area (Å²) >= 11 is 0. The van der Waals surface area contributed by atoms with E-state index in [0.717, 1.165) is 13.1 Å². The van der Waals surface area contributed by atoms with Crippen LogP contribution in [0.2, 0.25) is 0 Å². The molecule has 1 rings (SSSR count). The minimum atomic E-state index is 0.132. The van der Waals surface area contributed by atoms with E-state index in [0.29, 0.717) is 12.5 Å². The minimum Gasteiger partial charge on any atom is -0.383 e. The Bertz CT molecular complexity index is 191. The Morgan fingerprint density at radius 1 is 1.57 bits per heavy atom. The van der Waals surface area contributed by atoms with Crippen molar-refractivity contribution in [2.24, 2.45) is 11.8 Å². The van der Waals surface area contributed by atoms with Gasteiger partial charge in [-0.3, -0.25) is 4.79 Å². The van der Waals surface area contributed by atoms with Gasteiger partial charge >= 0.3 is 0 Å². The van der Waals surface area contributed by atoms with Crippen molar-refractivity contribution in [1.29, 1.82) is 0 Å². The third-order valence-corrected chi connectivity index (χ3v) is 2.63. The highest BCUT2D eigenvalue weighted by Crippen LogP contribution is 2.06. The van der Waals surface area contributed by atoms with Gasteiger partial charge in [-0.1, -0.05) is 13.8 Å². The highest BCUT2D eigenvalue weighted by molar-refractivity contribution is 5.80. The first-order valence-electron chi connectivity index (χ1n) is 5.15. The molecule has 1 fully saturated rings. The molecule has 0 spiro atoms. The van der Waals surface area contributed by atoms with Crippen LogP contribution in [0, 0.1) is 11.8 Å². The fourth-order valence-corrected chi connectivity index (χ4v) is 1.35. The molecular weight excluding hydrogens is 180 g/mol. The molecule has 0 radical (unpaired) electrons. The monoisotopic (exact) mass is 200 g/mol. The van der Waals surface area contributed by atoms with Crippen molar-refractivity contribution in [3.63, 3.8) is 0 Å². The molecule has 14 heavy (non-hydrogen) atoms. The third-order valence-electron chi connectivity index (χ3n) is 2.63. The van der Waals surface area contributed by atoms with Crippen LogP contribution in [0.3, 0.4) is 0 Å². The summed E-state index contributed by atoms with van der Waals surface area (Å²) in [5.41, 5.74) is 0. The van der Waals surface area contributed by atoms with Gasteiger partial charge < -0.3 is 15.4 Å². The van der Waals surface area contributed by atoms with E-state index in [4.69, 9.17) is 4.74 Å². The van der Waals surface area contributed by atoms with Crippen LogP contribution < -0.4 is 10.6 Å². The molecule has 1 aliphatic rings. The molecule has 1 atom stereocenters. The Morgan fingerprint density at radius 3 is 2.57 bits per heavy atom. The Labute approximate surface area is 85.4 Å². The Kier molecular flexibility index (Phi) is 4.35. The predicted molar refractivity (Wildman–Crippen MR) is 55.0 cm³/mol. The summed E-state index contributed by atoms with van der Waals surface area (Å²) in [6.45, 7) is 6.38. The number of carbonyl (C=O) groups is 1. The van der Waals surface area contributed by atoms with Crippen LogP contribution in [0.1, 0.15) is 13.8 Å². The minimum absolute atomic E-state index is 0.132. The molecule has 0 bridgehead atoms. The maximum Gasteiger partial charge on any atom is 0.225 e. The van der Waals surface area contributed by atoms with Crippen molar-refractivity contribution in [2.45, 2.75) is 19.9 Å². The molecule has 4 nitrogen and oxygen atoms in total. The first-order chi connectivity index (χ1) is 6.65. The molecule has 0 aromatic heterocycles. The molecule has 0 saturated carbocycles. The molecule has 2 N–H and O–H groups in total. The fourth-order valence-electron chi connectivity index (χ4n) is 1.35. The van der Waals surface area contributed by atoms with Gasteiger partial charge in [0.25, 0.3) is 0 Å². The summed E-state index contributed by atoms with van der Waals surface area (Å²) in [4.78, 5) is 11.6. The Balaban J connectivity index is 2.33. The van der Waals surface area contributed by atoms with Gasteiger partial charge in [0.05, 0.1) is 18.6 Å². The molecule has 1 saturated heterocycles. The van der Waals surface area contributed by atoms with Crippen LogP contribution in [-0.4, -0.2) is 38.8 Å². The van der Waals surface area contributed by atoms with Gasteiger partial charge in [0.15, 0.2) is 0 Å². The first kappa shape index (κ1) is 11.5. The number of carbonyl (C=O) groups excluding carboxylic acids is 1. The number of methoxy groups -OCH3 is 1. The number of hydrogen-bond acceptors (Lipinski definition) is 3. The second-order valence-electron chi connectivity index (χ2n) is 4.17. The van der Waals surface area contributed by atoms with Crippen molar-refractivity contribution >= 4 is 5.91 Å². The van der Waals surface area contributed by atoms with E-state index < -0.39 is 0 Å². The van der Waals surface area contributed by atoms with Crippen molar-refractivity contribution in [2.75, 3.05) is 26.8 Å². The molecule has 1 unspecified atom stereocenters. The average molecular weight is 200 g/mol. The van der Waals surface area contributed by atoms with E-state index in [1.807, 2.05) is 0 Å². The number of rotatable bonds is 5. The summed E-state index contributed by atoms with van der Waals surface area (Å²) in [6.07, 6.45) is 0. The molecule has 82 valence electrons. The lowest BCUT2D eigenvalue weighted by atomic mass is 10.00. The van der Waals surface area contributed by atoms with Gasteiger partial charge in [0, 0.05) is 20.2 Å². The van der Waals surface area contributed by atoms with E-state index in [2.05, 4.69) is 24.5 Å². The van der Waals surface area contributed by atoms with Crippen LogP contribution in [0.15, 0.2) is 0 Å². The predicted octanol–water partition coefficient (Wildman–Crippen LogP) is -0.00700. The summed E-state index contributed by atoms with van der Waals surface area (Å²) in [6, 6.07) is 0.132. The number of ether oxygens (including phenoxy) is 1. The number of nitrogens with one attached hydrogen (secondary N) is 2. The molecule has 0 aliphatic carbocycles. The smallest absolute Gasteiger partial charge is 0.225 e. The van der Waals surface area contributed by atoms with Crippen molar-refractivity contribution < 1.29 is 9.53 Å². The number of hydrogen-bond donors (Lipinski definition) is 2. The zero-order valence-electron chi connectivity index (χ0n) is 9.17. The van der Waals surface area contributed by atoms with Gasteiger partial charge in [-0.05, 0) is 5.92 Å². The maximum absolute atomic E-state index is 11.6. The van der Waals surface area contributed by atoms with Crippen LogP contribution in [0.5, 0.6) is 0 Å². The van der Waals surface area contributed by atoms with E-state index >= 15 is 0 Å². The SMILES string of the molecule is COCC(NC(=O)C1CNC1)C(C)C. The van der Waals surface area contributed by atoms with Gasteiger partial charge in [0.1, 0.15) is 0 Å². The Hall–Kier alpha value is -0.610. The van der Waals surface area contributed by atoms with E-state index in [-0.39, 0.29) is 17.9 Å². The highest BCUT2D eigenvalue weighted by Gasteiger charge is 2.27. The largest absolute Gasteiger partial charge is 0.383 e. The zero-order valence-corrected chi connectivity index (χ0v) is 9.17. The molecule has 4 heteroatoms. The first-order valence-corrected chi connectivity index (χ1v) is 5.15. The van der Waals surface area contributed by atoms with Gasteiger partial charge in [0.2, 0.25) is 5.91 Å². The van der Waals surface area contributed by atoms with Crippen LogP contribution in [0.25, 0.3) is 0 Å². The Morgan fingerprint density at radius 2 is 2.21 bits per heavy atom. The summed E-state index contributed by atoms with van der Waals surface area (Å²) in [7, 11) is 1.66. The van der Waals surface area contributed by atoms with Gasteiger partial charge in [-0.25, -0.2) is 0 Å². The second kappa shape index (κ2) is 5.32. The lowest BCUT2D eigenvalue weighted by Crippen LogP contribution is -2.54. The van der Waals surface area contributed by atoms with Crippen molar-refractivity contribution in [1.82, 2.24) is 10.6 Å². The molecule has 1 aliphatic heterocycles. The van der Waals surface area contributed by atoms with Gasteiger partial charge in [-0.2, -0.15) is 0 Å². The highest BCUT2D eigenvalue weighted by atomic mass is 16.5. The van der Waals surface area contributed by atoms with E-state index in [9.17, 15) is 4.79 Å². The third kappa shape index (κ3) is 2.96. The van der Waals surface area contributed by atoms with Crippen molar-refractivity contribution in [3.05, 3.63) is 0 Å². The average Bonchev–Trinajstić information content (AvgIpc) is 1.99. The van der Waals surface area contributed by atoms with Crippen molar-refractivity contribution in [3.8, 4) is 0 Å². The quantitative estimate of drug-likeness (QED) is 0.656. The summed E-state index contributed by atoms with van der Waals surface area (Å²) in [5.74, 6) is 0.722. The molecule has 1 amide bonds. The maximum atomic E-state index is 11.6. The molecule has 0 aromatic rings. The second-order valence-corrected chi connectivity index (χ2v) is 4.17. The number of amides is 1. The topological polar surface area (TPSA) is 50.4 Å². The van der Waals surface area contributed by atoms with Crippen LogP contribution >= 0.6 is 0 Å². The molecule has 0 aromatic carbocycles. The lowest BCUT2D eigenvalue weighted by molar-refractivity contribution is -0.127. The zero-order chi connectivity index (χ0) is 10.6. The van der Waals surface area contributed by atoms with E-state index in [1.54, 1.807) is 7.11 Å². The molecular formula is C10H20N2O2. The van der Waals surface area contributed by atoms with Gasteiger partial charge in [-0.15, -0.1) is 0 Å². The normalized spacial score (nSPS) is 19.1. The summed E-state index contributed by atoms with van der Waals surface area (Å²) in [5, 5.41) is 6.10. The molecule has 1 heterocycles. The van der Waals surface area contributed by atoms with Crippen LogP contribution in [-0.2, 0) is 9.53 Å².